The third kappa shape index (κ3) is 4.77. The summed E-state index contributed by atoms with van der Waals surface area (Å²) in [5.41, 5.74) is 2.93. The number of amides is 1. The van der Waals surface area contributed by atoms with Gasteiger partial charge in [-0.2, -0.15) is 4.98 Å². The summed E-state index contributed by atoms with van der Waals surface area (Å²) in [5, 5.41) is 6.69. The third-order valence-electron chi connectivity index (χ3n) is 4.36. The SMILES string of the molecule is COC(=O)c1cc(-c2ccc(N(C)C)cc2)c(Cl)cc1NC(=O)Cc1nc(C)no1. The normalized spacial score (nSPS) is 10.6. The molecule has 0 aliphatic rings. The van der Waals surface area contributed by atoms with Gasteiger partial charge in [-0.05, 0) is 36.8 Å². The van der Waals surface area contributed by atoms with Gasteiger partial charge in [-0.15, -0.1) is 0 Å². The Labute approximate surface area is 178 Å². The van der Waals surface area contributed by atoms with Gasteiger partial charge >= 0.3 is 5.97 Å². The number of halogens is 1. The number of methoxy groups -OCH3 is 1. The summed E-state index contributed by atoms with van der Waals surface area (Å²) < 4.78 is 9.84. The lowest BCUT2D eigenvalue weighted by molar-refractivity contribution is -0.115. The van der Waals surface area contributed by atoms with Crippen LogP contribution in [0.1, 0.15) is 22.1 Å². The first kappa shape index (κ1) is 21.3. The van der Waals surface area contributed by atoms with E-state index in [2.05, 4.69) is 15.5 Å². The van der Waals surface area contributed by atoms with Gasteiger partial charge in [0.05, 0.1) is 23.4 Å². The maximum Gasteiger partial charge on any atom is 0.339 e. The molecule has 1 aromatic heterocycles. The van der Waals surface area contributed by atoms with Gasteiger partial charge < -0.3 is 19.5 Å². The number of benzene rings is 2. The van der Waals surface area contributed by atoms with Gasteiger partial charge in [0, 0.05) is 25.3 Å². The zero-order valence-electron chi connectivity index (χ0n) is 17.0. The van der Waals surface area contributed by atoms with Crippen molar-refractivity contribution in [2.45, 2.75) is 13.3 Å². The second kappa shape index (κ2) is 8.96. The molecule has 156 valence electrons. The van der Waals surface area contributed by atoms with Gasteiger partial charge in [0.2, 0.25) is 11.8 Å². The molecule has 0 saturated heterocycles. The Morgan fingerprint density at radius 1 is 1.20 bits per heavy atom. The summed E-state index contributed by atoms with van der Waals surface area (Å²) in [6.07, 6.45) is -0.132. The second-order valence-electron chi connectivity index (χ2n) is 6.77. The van der Waals surface area contributed by atoms with E-state index in [9.17, 15) is 9.59 Å². The van der Waals surface area contributed by atoms with Crippen LogP contribution in [0.2, 0.25) is 5.02 Å². The molecule has 30 heavy (non-hydrogen) atoms. The summed E-state index contributed by atoms with van der Waals surface area (Å²) in [4.78, 5) is 30.7. The highest BCUT2D eigenvalue weighted by Crippen LogP contribution is 2.34. The largest absolute Gasteiger partial charge is 0.465 e. The van der Waals surface area contributed by atoms with Crippen molar-refractivity contribution in [3.8, 4) is 11.1 Å². The maximum atomic E-state index is 12.4. The molecule has 1 N–H and O–H groups in total. The highest BCUT2D eigenvalue weighted by atomic mass is 35.5. The van der Waals surface area contributed by atoms with Crippen LogP contribution in [0.3, 0.4) is 0 Å². The molecule has 1 amide bonds. The number of nitrogens with one attached hydrogen (secondary N) is 1. The van der Waals surface area contributed by atoms with Crippen molar-refractivity contribution in [1.82, 2.24) is 10.1 Å². The molecular formula is C21H21ClN4O4. The van der Waals surface area contributed by atoms with Crippen LogP contribution in [0.4, 0.5) is 11.4 Å². The lowest BCUT2D eigenvalue weighted by atomic mass is 10.0. The Kier molecular flexibility index (Phi) is 6.37. The molecule has 0 bridgehead atoms. The van der Waals surface area contributed by atoms with Crippen LogP contribution in [0.15, 0.2) is 40.9 Å². The van der Waals surface area contributed by atoms with Gasteiger partial charge in [0.1, 0.15) is 6.42 Å². The van der Waals surface area contributed by atoms with Crippen LogP contribution in [0.5, 0.6) is 0 Å². The molecule has 3 rings (SSSR count). The number of carbonyl (C=O) groups is 2. The highest BCUT2D eigenvalue weighted by Gasteiger charge is 2.19. The number of anilines is 2. The average molecular weight is 429 g/mol. The molecule has 0 aliphatic heterocycles. The minimum Gasteiger partial charge on any atom is -0.465 e. The summed E-state index contributed by atoms with van der Waals surface area (Å²) in [6, 6.07) is 10.9. The Balaban J connectivity index is 1.92. The number of nitrogens with zero attached hydrogens (tertiary/aromatic N) is 3. The van der Waals surface area contributed by atoms with Gasteiger partial charge in [-0.3, -0.25) is 4.79 Å². The van der Waals surface area contributed by atoms with E-state index >= 15 is 0 Å². The molecule has 0 saturated carbocycles. The van der Waals surface area contributed by atoms with Crippen molar-refractivity contribution < 1.29 is 18.8 Å². The number of aryl methyl sites for hydroxylation is 1. The predicted molar refractivity (Wildman–Crippen MR) is 114 cm³/mol. The number of rotatable bonds is 6. The number of esters is 1. The Hall–Kier alpha value is -3.39. The molecule has 9 heteroatoms. The van der Waals surface area contributed by atoms with Crippen molar-refractivity contribution >= 4 is 34.9 Å². The van der Waals surface area contributed by atoms with Crippen molar-refractivity contribution in [2.24, 2.45) is 0 Å². The van der Waals surface area contributed by atoms with Crippen LogP contribution in [-0.4, -0.2) is 43.2 Å². The van der Waals surface area contributed by atoms with Crippen LogP contribution in [0, 0.1) is 6.92 Å². The molecule has 0 atom stereocenters. The number of ether oxygens (including phenoxy) is 1. The first-order valence-corrected chi connectivity index (χ1v) is 9.45. The lowest BCUT2D eigenvalue weighted by Crippen LogP contribution is -2.17. The molecule has 0 fully saturated rings. The molecule has 3 aromatic rings. The molecule has 8 nitrogen and oxygen atoms in total. The quantitative estimate of drug-likeness (QED) is 0.597. The molecule has 0 radical (unpaired) electrons. The number of aromatic nitrogens is 2. The average Bonchev–Trinajstić information content (AvgIpc) is 3.12. The number of hydrogen-bond acceptors (Lipinski definition) is 7. The van der Waals surface area contributed by atoms with Gasteiger partial charge in [-0.1, -0.05) is 28.9 Å². The zero-order chi connectivity index (χ0) is 21.8. The highest BCUT2D eigenvalue weighted by molar-refractivity contribution is 6.34. The Morgan fingerprint density at radius 3 is 2.47 bits per heavy atom. The van der Waals surface area contributed by atoms with Crippen LogP contribution in [0.25, 0.3) is 11.1 Å². The molecule has 1 heterocycles. The fourth-order valence-corrected chi connectivity index (χ4v) is 3.13. The van der Waals surface area contributed by atoms with Gasteiger partial charge in [0.15, 0.2) is 5.82 Å². The lowest BCUT2D eigenvalue weighted by Gasteiger charge is -2.15. The Morgan fingerprint density at radius 2 is 1.90 bits per heavy atom. The minimum absolute atomic E-state index is 0.132. The molecule has 2 aromatic carbocycles. The predicted octanol–water partition coefficient (Wildman–Crippen LogP) is 3.73. The van der Waals surface area contributed by atoms with Crippen LogP contribution >= 0.6 is 11.6 Å². The fraction of sp³-hybridized carbons (Fsp3) is 0.238. The Bertz CT molecular complexity index is 1080. The third-order valence-corrected chi connectivity index (χ3v) is 4.68. The summed E-state index contributed by atoms with van der Waals surface area (Å²) >= 11 is 6.48. The number of hydrogen-bond donors (Lipinski definition) is 1. The van der Waals surface area contributed by atoms with E-state index in [0.717, 1.165) is 11.3 Å². The van der Waals surface area contributed by atoms with E-state index in [-0.39, 0.29) is 23.6 Å². The zero-order valence-corrected chi connectivity index (χ0v) is 17.8. The first-order chi connectivity index (χ1) is 14.3. The van der Waals surface area contributed by atoms with E-state index in [1.807, 2.05) is 43.3 Å². The summed E-state index contributed by atoms with van der Waals surface area (Å²) in [6.45, 7) is 1.66. The van der Waals surface area contributed by atoms with Crippen molar-refractivity contribution in [1.29, 1.82) is 0 Å². The van der Waals surface area contributed by atoms with Crippen molar-refractivity contribution in [3.63, 3.8) is 0 Å². The maximum absolute atomic E-state index is 12.4. The second-order valence-corrected chi connectivity index (χ2v) is 7.18. The standard InChI is InChI=1S/C21H21ClN4O4/c1-12-23-20(30-25-12)11-19(27)24-18-10-17(22)15(9-16(18)21(28)29-4)13-5-7-14(8-6-13)26(2)3/h5-10H,11H2,1-4H3,(H,24,27). The van der Waals surface area contributed by atoms with E-state index in [1.54, 1.807) is 13.0 Å². The van der Waals surface area contributed by atoms with Crippen LogP contribution in [-0.2, 0) is 16.0 Å². The first-order valence-electron chi connectivity index (χ1n) is 9.07. The van der Waals surface area contributed by atoms with E-state index in [1.165, 1.54) is 13.2 Å². The summed E-state index contributed by atoms with van der Waals surface area (Å²) in [7, 11) is 5.17. The molecule has 0 aliphatic carbocycles. The molecule has 0 unspecified atom stereocenters. The van der Waals surface area contributed by atoms with Gasteiger partial charge in [-0.25, -0.2) is 4.79 Å². The topological polar surface area (TPSA) is 97.6 Å². The molecule has 0 spiro atoms. The smallest absolute Gasteiger partial charge is 0.339 e. The van der Waals surface area contributed by atoms with Crippen molar-refractivity contribution in [3.05, 3.63) is 58.7 Å². The summed E-state index contributed by atoms with van der Waals surface area (Å²) in [5.74, 6) is -0.418. The molecular weight excluding hydrogens is 408 g/mol. The van der Waals surface area contributed by atoms with E-state index in [0.29, 0.717) is 16.4 Å². The number of carbonyl (C=O) groups excluding carboxylic acids is 2. The van der Waals surface area contributed by atoms with E-state index < -0.39 is 11.9 Å². The van der Waals surface area contributed by atoms with Crippen LogP contribution < -0.4 is 10.2 Å². The van der Waals surface area contributed by atoms with Crippen molar-refractivity contribution in [2.75, 3.05) is 31.4 Å². The van der Waals surface area contributed by atoms with E-state index in [4.69, 9.17) is 20.9 Å². The monoisotopic (exact) mass is 428 g/mol. The van der Waals surface area contributed by atoms with Gasteiger partial charge in [0.25, 0.3) is 0 Å². The fourth-order valence-electron chi connectivity index (χ4n) is 2.86. The minimum atomic E-state index is -0.596.